The SMILES string of the molecule is C[C@]12CCC(=O)N1c1ccccc1C(=O)N2CC(=O)Nc1ccnn1Cc1cccc(Cl)c1. The van der Waals surface area contributed by atoms with Gasteiger partial charge in [-0.1, -0.05) is 35.9 Å². The lowest BCUT2D eigenvalue weighted by atomic mass is 9.98. The molecule has 5 rings (SSSR count). The molecule has 0 spiro atoms. The summed E-state index contributed by atoms with van der Waals surface area (Å²) in [4.78, 5) is 42.2. The largest absolute Gasteiger partial charge is 0.309 e. The van der Waals surface area contributed by atoms with Gasteiger partial charge in [-0.3, -0.25) is 19.3 Å². The third-order valence-corrected chi connectivity index (χ3v) is 6.49. The molecule has 9 heteroatoms. The summed E-state index contributed by atoms with van der Waals surface area (Å²) >= 11 is 6.07. The Bertz CT molecular complexity index is 1270. The molecule has 1 saturated heterocycles. The van der Waals surface area contributed by atoms with Crippen LogP contribution in [0.1, 0.15) is 35.7 Å². The fraction of sp³-hybridized carbons (Fsp3) is 0.250. The maximum absolute atomic E-state index is 13.3. The Labute approximate surface area is 195 Å². The summed E-state index contributed by atoms with van der Waals surface area (Å²) in [5.41, 5.74) is 1.07. The van der Waals surface area contributed by atoms with Crippen molar-refractivity contribution in [3.63, 3.8) is 0 Å². The minimum atomic E-state index is -0.888. The van der Waals surface area contributed by atoms with Crippen LogP contribution < -0.4 is 10.2 Å². The lowest BCUT2D eigenvalue weighted by Crippen LogP contribution is -2.63. The van der Waals surface area contributed by atoms with Crippen LogP contribution in [0.2, 0.25) is 5.02 Å². The number of amides is 3. The topological polar surface area (TPSA) is 87.5 Å². The fourth-order valence-corrected chi connectivity index (χ4v) is 4.85. The van der Waals surface area contributed by atoms with Gasteiger partial charge in [0.25, 0.3) is 5.91 Å². The smallest absolute Gasteiger partial charge is 0.258 e. The molecule has 168 valence electrons. The van der Waals surface area contributed by atoms with Gasteiger partial charge >= 0.3 is 0 Å². The number of fused-ring (bicyclic) bond motifs is 3. The Hall–Kier alpha value is -3.65. The molecule has 0 saturated carbocycles. The van der Waals surface area contributed by atoms with E-state index in [-0.39, 0.29) is 24.3 Å². The summed E-state index contributed by atoms with van der Waals surface area (Å²) in [6, 6.07) is 16.1. The van der Waals surface area contributed by atoms with Crippen LogP contribution >= 0.6 is 11.6 Å². The average molecular weight is 464 g/mol. The van der Waals surface area contributed by atoms with Crippen molar-refractivity contribution in [1.29, 1.82) is 0 Å². The summed E-state index contributed by atoms with van der Waals surface area (Å²) < 4.78 is 1.66. The second kappa shape index (κ2) is 8.04. The molecule has 1 fully saturated rings. The molecule has 1 N–H and O–H groups in total. The summed E-state index contributed by atoms with van der Waals surface area (Å²) in [5, 5.41) is 7.77. The van der Waals surface area contributed by atoms with Crippen molar-refractivity contribution in [2.45, 2.75) is 32.0 Å². The van der Waals surface area contributed by atoms with E-state index in [4.69, 9.17) is 11.6 Å². The summed E-state index contributed by atoms with van der Waals surface area (Å²) in [6.07, 6.45) is 2.38. The highest BCUT2D eigenvalue weighted by atomic mass is 35.5. The van der Waals surface area contributed by atoms with E-state index in [1.165, 1.54) is 4.90 Å². The first kappa shape index (κ1) is 21.2. The van der Waals surface area contributed by atoms with Crippen molar-refractivity contribution in [3.05, 3.63) is 76.9 Å². The van der Waals surface area contributed by atoms with Crippen LogP contribution in [0.15, 0.2) is 60.8 Å². The highest BCUT2D eigenvalue weighted by molar-refractivity contribution is 6.30. The molecule has 3 amide bonds. The summed E-state index contributed by atoms with van der Waals surface area (Å²) in [6.45, 7) is 2.08. The number of rotatable bonds is 5. The molecule has 0 aliphatic carbocycles. The Kier molecular flexibility index (Phi) is 5.17. The number of aromatic nitrogens is 2. The number of carbonyl (C=O) groups is 3. The number of halogens is 1. The Morgan fingerprint density at radius 3 is 2.79 bits per heavy atom. The molecule has 2 aliphatic rings. The molecule has 0 bridgehead atoms. The van der Waals surface area contributed by atoms with Gasteiger partial charge in [-0.05, 0) is 43.2 Å². The lowest BCUT2D eigenvalue weighted by Gasteiger charge is -2.48. The first-order valence-electron chi connectivity index (χ1n) is 10.7. The molecular formula is C24H22ClN5O3. The van der Waals surface area contributed by atoms with Crippen LogP contribution in [0, 0.1) is 0 Å². The van der Waals surface area contributed by atoms with Crippen molar-refractivity contribution in [2.75, 3.05) is 16.8 Å². The van der Waals surface area contributed by atoms with Gasteiger partial charge in [0.05, 0.1) is 24.0 Å². The number of para-hydroxylation sites is 1. The zero-order valence-corrected chi connectivity index (χ0v) is 18.7. The quantitative estimate of drug-likeness (QED) is 0.627. The molecule has 3 heterocycles. The zero-order valence-electron chi connectivity index (χ0n) is 18.0. The monoisotopic (exact) mass is 463 g/mol. The second-order valence-corrected chi connectivity index (χ2v) is 8.84. The first-order valence-corrected chi connectivity index (χ1v) is 11.0. The van der Waals surface area contributed by atoms with Crippen molar-refractivity contribution < 1.29 is 14.4 Å². The molecule has 8 nitrogen and oxygen atoms in total. The Balaban J connectivity index is 1.37. The molecule has 2 aromatic carbocycles. The highest BCUT2D eigenvalue weighted by Crippen LogP contribution is 2.43. The van der Waals surface area contributed by atoms with E-state index in [2.05, 4.69) is 10.4 Å². The van der Waals surface area contributed by atoms with Gasteiger partial charge in [-0.15, -0.1) is 0 Å². The normalized spacial score (nSPS) is 19.5. The number of benzene rings is 2. The Morgan fingerprint density at radius 1 is 1.15 bits per heavy atom. The molecule has 3 aromatic rings. The molecule has 0 radical (unpaired) electrons. The molecule has 2 aliphatic heterocycles. The van der Waals surface area contributed by atoms with Crippen molar-refractivity contribution >= 4 is 40.8 Å². The van der Waals surface area contributed by atoms with Crippen LogP contribution in [-0.4, -0.2) is 44.6 Å². The average Bonchev–Trinajstić information content (AvgIpc) is 3.35. The number of nitrogens with zero attached hydrogens (tertiary/aromatic N) is 4. The minimum Gasteiger partial charge on any atom is -0.309 e. The van der Waals surface area contributed by atoms with E-state index in [1.54, 1.807) is 46.1 Å². The van der Waals surface area contributed by atoms with Gasteiger partial charge in [0.15, 0.2) is 0 Å². The standard InChI is InChI=1S/C24H22ClN5O3/c1-24-11-9-22(32)30(24)19-8-3-2-7-18(19)23(33)28(24)15-21(31)27-20-10-12-26-29(20)14-16-5-4-6-17(25)13-16/h2-8,10,12-13H,9,11,14-15H2,1H3,(H,27,31)/t24-/m1/s1. The Morgan fingerprint density at radius 2 is 1.97 bits per heavy atom. The number of anilines is 2. The molecular weight excluding hydrogens is 442 g/mol. The highest BCUT2D eigenvalue weighted by Gasteiger charge is 2.53. The summed E-state index contributed by atoms with van der Waals surface area (Å²) in [7, 11) is 0. The van der Waals surface area contributed by atoms with E-state index in [1.807, 2.05) is 31.2 Å². The predicted octanol–water partition coefficient (Wildman–Crippen LogP) is 3.52. The number of carbonyl (C=O) groups excluding carboxylic acids is 3. The summed E-state index contributed by atoms with van der Waals surface area (Å²) in [5.74, 6) is -0.172. The molecule has 1 aromatic heterocycles. The fourth-order valence-electron chi connectivity index (χ4n) is 4.64. The van der Waals surface area contributed by atoms with E-state index >= 15 is 0 Å². The van der Waals surface area contributed by atoms with Crippen LogP contribution in [0.3, 0.4) is 0 Å². The third-order valence-electron chi connectivity index (χ3n) is 6.25. The van der Waals surface area contributed by atoms with E-state index < -0.39 is 5.66 Å². The minimum absolute atomic E-state index is 0.0533. The molecule has 1 atom stereocenters. The van der Waals surface area contributed by atoms with E-state index in [9.17, 15) is 14.4 Å². The van der Waals surface area contributed by atoms with Gasteiger partial charge < -0.3 is 10.2 Å². The van der Waals surface area contributed by atoms with Crippen LogP contribution in [0.5, 0.6) is 0 Å². The van der Waals surface area contributed by atoms with Crippen LogP contribution in [0.4, 0.5) is 11.5 Å². The number of hydrogen-bond donors (Lipinski definition) is 1. The van der Waals surface area contributed by atoms with Gasteiger partial charge in [-0.25, -0.2) is 4.68 Å². The van der Waals surface area contributed by atoms with Gasteiger partial charge in [0, 0.05) is 17.5 Å². The first-order chi connectivity index (χ1) is 15.9. The van der Waals surface area contributed by atoms with Crippen molar-refractivity contribution in [2.24, 2.45) is 0 Å². The van der Waals surface area contributed by atoms with Crippen molar-refractivity contribution in [3.8, 4) is 0 Å². The maximum Gasteiger partial charge on any atom is 0.258 e. The van der Waals surface area contributed by atoms with Gasteiger partial charge in [0.1, 0.15) is 18.0 Å². The van der Waals surface area contributed by atoms with Crippen LogP contribution in [-0.2, 0) is 16.1 Å². The second-order valence-electron chi connectivity index (χ2n) is 8.41. The maximum atomic E-state index is 13.3. The van der Waals surface area contributed by atoms with Crippen LogP contribution in [0.25, 0.3) is 0 Å². The van der Waals surface area contributed by atoms with E-state index in [0.29, 0.717) is 41.5 Å². The number of nitrogens with one attached hydrogen (secondary N) is 1. The van der Waals surface area contributed by atoms with E-state index in [0.717, 1.165) is 5.56 Å². The molecule has 33 heavy (non-hydrogen) atoms. The van der Waals surface area contributed by atoms with Gasteiger partial charge in [-0.2, -0.15) is 5.10 Å². The lowest BCUT2D eigenvalue weighted by molar-refractivity contribution is -0.120. The zero-order chi connectivity index (χ0) is 23.2. The number of hydrogen-bond acceptors (Lipinski definition) is 4. The third kappa shape index (κ3) is 3.66. The predicted molar refractivity (Wildman–Crippen MR) is 124 cm³/mol. The van der Waals surface area contributed by atoms with Crippen molar-refractivity contribution in [1.82, 2.24) is 14.7 Å². The molecule has 0 unspecified atom stereocenters. The van der Waals surface area contributed by atoms with Gasteiger partial charge in [0.2, 0.25) is 11.8 Å².